The summed E-state index contributed by atoms with van der Waals surface area (Å²) < 4.78 is 49.5. The summed E-state index contributed by atoms with van der Waals surface area (Å²) >= 11 is 0. The smallest absolute Gasteiger partial charge is 0.257 e. The molecule has 5 nitrogen and oxygen atoms in total. The van der Waals surface area contributed by atoms with E-state index in [4.69, 9.17) is 4.74 Å². The fourth-order valence-electron chi connectivity index (χ4n) is 3.83. The minimum absolute atomic E-state index is 0.336. The molecule has 1 amide bonds. The highest BCUT2D eigenvalue weighted by molar-refractivity contribution is 5.84. The third-order valence-corrected chi connectivity index (χ3v) is 5.77. The van der Waals surface area contributed by atoms with Crippen LogP contribution in [0.5, 0.6) is 5.75 Å². The molecule has 0 unspecified atom stereocenters. The number of carbonyl (C=O) groups is 1. The molecule has 3 aromatic carbocycles. The van der Waals surface area contributed by atoms with Gasteiger partial charge in [0.15, 0.2) is 5.67 Å². The highest BCUT2D eigenvalue weighted by atomic mass is 19.1. The second kappa shape index (κ2) is 9.44. The van der Waals surface area contributed by atoms with E-state index >= 15 is 0 Å². The van der Waals surface area contributed by atoms with Gasteiger partial charge in [-0.1, -0.05) is 6.07 Å². The number of amides is 1. The standard InChI is InChI=1S/C27H26F3N3O2/c1-16-5-6-20(29)14-23(16)25(17(2)32-26(34)27(3,4)30)35-22-11-12-24-18(13-22)15-31-33(24)21-9-7-19(28)8-10-21/h5-15,17,25H,1-4H3,(H,32,34)/t17-,25-/m0/s1. The van der Waals surface area contributed by atoms with Gasteiger partial charge in [0.05, 0.1) is 23.4 Å². The molecule has 1 heterocycles. The summed E-state index contributed by atoms with van der Waals surface area (Å²) in [5, 5.41) is 7.80. The number of halogens is 3. The molecule has 2 atom stereocenters. The molecule has 35 heavy (non-hydrogen) atoms. The molecule has 1 aromatic heterocycles. The summed E-state index contributed by atoms with van der Waals surface area (Å²) in [6.45, 7) is 5.84. The Morgan fingerprint density at radius 1 is 1.03 bits per heavy atom. The van der Waals surface area contributed by atoms with Crippen molar-refractivity contribution < 1.29 is 22.7 Å². The van der Waals surface area contributed by atoms with Gasteiger partial charge in [0.25, 0.3) is 5.91 Å². The minimum Gasteiger partial charge on any atom is -0.484 e. The summed E-state index contributed by atoms with van der Waals surface area (Å²) in [4.78, 5) is 12.3. The molecule has 182 valence electrons. The molecular formula is C27H26F3N3O2. The van der Waals surface area contributed by atoms with E-state index in [0.717, 1.165) is 16.5 Å². The van der Waals surface area contributed by atoms with Gasteiger partial charge in [-0.05, 0) is 87.9 Å². The van der Waals surface area contributed by atoms with E-state index < -0.39 is 29.5 Å². The summed E-state index contributed by atoms with van der Waals surface area (Å²) in [6, 6.07) is 15.0. The molecule has 0 aliphatic carbocycles. The number of nitrogens with zero attached hydrogens (tertiary/aromatic N) is 2. The Kier molecular flexibility index (Phi) is 6.56. The minimum atomic E-state index is -2.08. The molecule has 0 spiro atoms. The van der Waals surface area contributed by atoms with Crippen LogP contribution in [-0.2, 0) is 4.79 Å². The Balaban J connectivity index is 1.68. The van der Waals surface area contributed by atoms with Crippen LogP contribution in [0.25, 0.3) is 16.6 Å². The molecule has 4 aromatic rings. The SMILES string of the molecule is Cc1ccc(F)cc1[C@@H](Oc1ccc2c(cnn2-c2ccc(F)cc2)c1)[C@H](C)NC(=O)C(C)(C)F. The van der Waals surface area contributed by atoms with Crippen LogP contribution >= 0.6 is 0 Å². The third kappa shape index (κ3) is 5.31. The Morgan fingerprint density at radius 3 is 2.40 bits per heavy atom. The lowest BCUT2D eigenvalue weighted by molar-refractivity contribution is -0.132. The van der Waals surface area contributed by atoms with Crippen LogP contribution in [0.1, 0.15) is 38.0 Å². The van der Waals surface area contributed by atoms with E-state index in [9.17, 15) is 18.0 Å². The van der Waals surface area contributed by atoms with Crippen LogP contribution in [-0.4, -0.2) is 27.4 Å². The first-order valence-corrected chi connectivity index (χ1v) is 11.2. The predicted octanol–water partition coefficient (Wildman–Crippen LogP) is 5.99. The number of hydrogen-bond donors (Lipinski definition) is 1. The van der Waals surface area contributed by atoms with Crippen LogP contribution in [0.2, 0.25) is 0 Å². The molecule has 0 saturated carbocycles. The van der Waals surface area contributed by atoms with E-state index in [1.807, 2.05) is 13.0 Å². The van der Waals surface area contributed by atoms with E-state index in [1.165, 1.54) is 38.1 Å². The summed E-state index contributed by atoms with van der Waals surface area (Å²) in [5.74, 6) is -1.11. The highest BCUT2D eigenvalue weighted by Gasteiger charge is 2.32. The first-order chi connectivity index (χ1) is 16.5. The van der Waals surface area contributed by atoms with Crippen molar-refractivity contribution in [2.24, 2.45) is 0 Å². The monoisotopic (exact) mass is 481 g/mol. The summed E-state index contributed by atoms with van der Waals surface area (Å²) in [5.41, 5.74) is 0.708. The van der Waals surface area contributed by atoms with E-state index in [2.05, 4.69) is 10.4 Å². The Morgan fingerprint density at radius 2 is 1.71 bits per heavy atom. The fraction of sp³-hybridized carbons (Fsp3) is 0.259. The van der Waals surface area contributed by atoms with Crippen molar-refractivity contribution in [1.29, 1.82) is 0 Å². The van der Waals surface area contributed by atoms with Gasteiger partial charge in [0.2, 0.25) is 0 Å². The van der Waals surface area contributed by atoms with Gasteiger partial charge in [-0.25, -0.2) is 17.9 Å². The number of alkyl halides is 1. The van der Waals surface area contributed by atoms with Gasteiger partial charge in [-0.2, -0.15) is 5.10 Å². The molecule has 0 radical (unpaired) electrons. The first-order valence-electron chi connectivity index (χ1n) is 11.2. The topological polar surface area (TPSA) is 56.1 Å². The quantitative estimate of drug-likeness (QED) is 0.353. The number of benzene rings is 3. The lowest BCUT2D eigenvalue weighted by atomic mass is 9.97. The molecule has 0 bridgehead atoms. The molecule has 4 rings (SSSR count). The lowest BCUT2D eigenvalue weighted by Crippen LogP contribution is -2.46. The second-order valence-corrected chi connectivity index (χ2v) is 9.03. The summed E-state index contributed by atoms with van der Waals surface area (Å²) in [6.07, 6.45) is 0.867. The number of rotatable bonds is 7. The zero-order valence-corrected chi connectivity index (χ0v) is 19.9. The van der Waals surface area contributed by atoms with Crippen LogP contribution in [0.15, 0.2) is 66.9 Å². The zero-order valence-electron chi connectivity index (χ0n) is 19.9. The third-order valence-electron chi connectivity index (χ3n) is 5.77. The van der Waals surface area contributed by atoms with Crippen molar-refractivity contribution in [2.75, 3.05) is 0 Å². The van der Waals surface area contributed by atoms with Crippen molar-refractivity contribution in [3.63, 3.8) is 0 Å². The van der Waals surface area contributed by atoms with Gasteiger partial charge < -0.3 is 10.1 Å². The average Bonchev–Trinajstić information content (AvgIpc) is 3.22. The Labute approximate surface area is 201 Å². The maximum atomic E-state index is 14.2. The molecular weight excluding hydrogens is 455 g/mol. The molecule has 1 N–H and O–H groups in total. The number of carbonyl (C=O) groups excluding carboxylic acids is 1. The average molecular weight is 482 g/mol. The van der Waals surface area contributed by atoms with Crippen LogP contribution in [0.3, 0.4) is 0 Å². The fourth-order valence-corrected chi connectivity index (χ4v) is 3.83. The number of nitrogens with one attached hydrogen (secondary N) is 1. The van der Waals surface area contributed by atoms with Crippen LogP contribution in [0.4, 0.5) is 13.2 Å². The van der Waals surface area contributed by atoms with Crippen molar-refractivity contribution in [2.45, 2.75) is 45.5 Å². The largest absolute Gasteiger partial charge is 0.484 e. The molecule has 0 aliphatic rings. The number of aryl methyl sites for hydroxylation is 1. The number of aromatic nitrogens is 2. The van der Waals surface area contributed by atoms with Crippen LogP contribution in [0, 0.1) is 18.6 Å². The number of ether oxygens (including phenoxy) is 1. The van der Waals surface area contributed by atoms with Gasteiger partial charge in [-0.15, -0.1) is 0 Å². The van der Waals surface area contributed by atoms with Crippen molar-refractivity contribution in [3.05, 3.63) is 89.6 Å². The normalized spacial score (nSPS) is 13.5. The van der Waals surface area contributed by atoms with Gasteiger partial charge in [0.1, 0.15) is 23.5 Å². The predicted molar refractivity (Wildman–Crippen MR) is 128 cm³/mol. The van der Waals surface area contributed by atoms with Crippen molar-refractivity contribution >= 4 is 16.8 Å². The van der Waals surface area contributed by atoms with Crippen LogP contribution < -0.4 is 10.1 Å². The lowest BCUT2D eigenvalue weighted by Gasteiger charge is -2.29. The number of fused-ring (bicyclic) bond motifs is 1. The first kappa shape index (κ1) is 24.3. The second-order valence-electron chi connectivity index (χ2n) is 9.03. The Hall–Kier alpha value is -3.81. The highest BCUT2D eigenvalue weighted by Crippen LogP contribution is 2.31. The van der Waals surface area contributed by atoms with Gasteiger partial charge in [0, 0.05) is 10.9 Å². The van der Waals surface area contributed by atoms with E-state index in [1.54, 1.807) is 48.1 Å². The maximum Gasteiger partial charge on any atom is 0.257 e. The number of hydrogen-bond acceptors (Lipinski definition) is 3. The molecule has 0 aliphatic heterocycles. The molecule has 0 fully saturated rings. The van der Waals surface area contributed by atoms with Crippen molar-refractivity contribution in [3.8, 4) is 11.4 Å². The van der Waals surface area contributed by atoms with Gasteiger partial charge in [-0.3, -0.25) is 4.79 Å². The zero-order chi connectivity index (χ0) is 25.3. The van der Waals surface area contributed by atoms with E-state index in [0.29, 0.717) is 17.0 Å². The molecule has 8 heteroatoms. The molecule has 0 saturated heterocycles. The van der Waals surface area contributed by atoms with E-state index in [-0.39, 0.29) is 5.82 Å². The maximum absolute atomic E-state index is 14.2. The van der Waals surface area contributed by atoms with Crippen molar-refractivity contribution in [1.82, 2.24) is 15.1 Å². The van der Waals surface area contributed by atoms with Gasteiger partial charge >= 0.3 is 0 Å². The Bertz CT molecular complexity index is 1360. The summed E-state index contributed by atoms with van der Waals surface area (Å²) in [7, 11) is 0.